The highest BCUT2D eigenvalue weighted by Gasteiger charge is 2.26. The van der Waals surface area contributed by atoms with E-state index in [-0.39, 0.29) is 12.1 Å². The van der Waals surface area contributed by atoms with Gasteiger partial charge < -0.3 is 14.6 Å². The monoisotopic (exact) mass is 317 g/mol. The SMILES string of the molecule is Cn1cncc1[C@H]1C[C@H](Nc2ncc(C#N)cc2Cl)CCO1. The van der Waals surface area contributed by atoms with Crippen molar-refractivity contribution in [2.45, 2.75) is 25.0 Å². The Kier molecular flexibility index (Phi) is 4.27. The van der Waals surface area contributed by atoms with Gasteiger partial charge in [0, 0.05) is 25.9 Å². The molecule has 0 aliphatic carbocycles. The standard InChI is InChI=1S/C15H16ClN5O/c1-21-9-18-8-13(21)14-5-11(2-3-22-14)20-15-12(16)4-10(6-17)7-19-15/h4,7-9,11,14H,2-3,5H2,1H3,(H,19,20)/t11-,14-/m1/s1. The van der Waals surface area contributed by atoms with Crippen molar-refractivity contribution in [2.24, 2.45) is 7.05 Å². The fraction of sp³-hybridized carbons (Fsp3) is 0.400. The molecule has 6 nitrogen and oxygen atoms in total. The molecule has 0 radical (unpaired) electrons. The number of hydrogen-bond donors (Lipinski definition) is 1. The molecule has 2 aromatic rings. The lowest BCUT2D eigenvalue weighted by molar-refractivity contribution is 0.00554. The predicted molar refractivity (Wildman–Crippen MR) is 82.5 cm³/mol. The molecule has 3 heterocycles. The first-order valence-corrected chi connectivity index (χ1v) is 7.45. The minimum atomic E-state index is 0.0101. The number of aryl methyl sites for hydroxylation is 1. The van der Waals surface area contributed by atoms with Gasteiger partial charge in [0.1, 0.15) is 18.0 Å². The number of aromatic nitrogens is 3. The minimum Gasteiger partial charge on any atom is -0.372 e. The highest BCUT2D eigenvalue weighted by molar-refractivity contribution is 6.33. The number of nitrogens with zero attached hydrogens (tertiary/aromatic N) is 4. The number of hydrogen-bond acceptors (Lipinski definition) is 5. The lowest BCUT2D eigenvalue weighted by Crippen LogP contribution is -2.31. The van der Waals surface area contributed by atoms with Gasteiger partial charge in [0.15, 0.2) is 0 Å². The van der Waals surface area contributed by atoms with Gasteiger partial charge in [-0.15, -0.1) is 0 Å². The Bertz CT molecular complexity index is 708. The maximum Gasteiger partial charge on any atom is 0.145 e. The summed E-state index contributed by atoms with van der Waals surface area (Å²) in [6.07, 6.45) is 6.83. The minimum absolute atomic E-state index is 0.0101. The van der Waals surface area contributed by atoms with Crippen molar-refractivity contribution in [1.29, 1.82) is 5.26 Å². The van der Waals surface area contributed by atoms with Crippen LogP contribution in [-0.2, 0) is 11.8 Å². The molecule has 1 aliphatic rings. The van der Waals surface area contributed by atoms with Crippen LogP contribution in [0.5, 0.6) is 0 Å². The fourth-order valence-corrected chi connectivity index (χ4v) is 2.83. The summed E-state index contributed by atoms with van der Waals surface area (Å²) < 4.78 is 7.81. The molecule has 1 N–H and O–H groups in total. The first kappa shape index (κ1) is 14.8. The van der Waals surface area contributed by atoms with Crippen LogP contribution in [0.4, 0.5) is 5.82 Å². The second kappa shape index (κ2) is 6.34. The molecule has 0 saturated carbocycles. The summed E-state index contributed by atoms with van der Waals surface area (Å²) in [7, 11) is 1.96. The maximum absolute atomic E-state index is 8.85. The van der Waals surface area contributed by atoms with E-state index in [1.54, 1.807) is 12.4 Å². The Morgan fingerprint density at radius 3 is 3.05 bits per heavy atom. The highest BCUT2D eigenvalue weighted by atomic mass is 35.5. The summed E-state index contributed by atoms with van der Waals surface area (Å²) in [6.45, 7) is 0.668. The summed E-state index contributed by atoms with van der Waals surface area (Å²) >= 11 is 6.17. The van der Waals surface area contributed by atoms with E-state index >= 15 is 0 Å². The topological polar surface area (TPSA) is 75.8 Å². The van der Waals surface area contributed by atoms with Gasteiger partial charge in [-0.05, 0) is 18.9 Å². The third-order valence-corrected chi connectivity index (χ3v) is 4.07. The van der Waals surface area contributed by atoms with Crippen LogP contribution >= 0.6 is 11.6 Å². The lowest BCUT2D eigenvalue weighted by Gasteiger charge is -2.30. The number of halogens is 1. The van der Waals surface area contributed by atoms with Crippen LogP contribution in [0.2, 0.25) is 5.02 Å². The van der Waals surface area contributed by atoms with Gasteiger partial charge in [-0.2, -0.15) is 5.26 Å². The van der Waals surface area contributed by atoms with E-state index in [2.05, 4.69) is 15.3 Å². The quantitative estimate of drug-likeness (QED) is 0.942. The zero-order valence-corrected chi connectivity index (χ0v) is 12.9. The van der Waals surface area contributed by atoms with E-state index in [1.807, 2.05) is 23.9 Å². The molecule has 1 aliphatic heterocycles. The molecular weight excluding hydrogens is 302 g/mol. The van der Waals surface area contributed by atoms with Crippen molar-refractivity contribution in [3.05, 3.63) is 41.1 Å². The summed E-state index contributed by atoms with van der Waals surface area (Å²) in [5.74, 6) is 0.608. The molecule has 114 valence electrons. The maximum atomic E-state index is 8.85. The summed E-state index contributed by atoms with van der Waals surface area (Å²) in [5.41, 5.74) is 1.51. The van der Waals surface area contributed by atoms with E-state index in [0.717, 1.165) is 18.5 Å². The Balaban J connectivity index is 1.71. The third kappa shape index (κ3) is 3.06. The number of nitrogens with one attached hydrogen (secondary N) is 1. The Labute approximate surface area is 133 Å². The van der Waals surface area contributed by atoms with Crippen molar-refractivity contribution in [3.8, 4) is 6.07 Å². The van der Waals surface area contributed by atoms with E-state index in [1.165, 1.54) is 6.20 Å². The molecule has 0 aromatic carbocycles. The van der Waals surface area contributed by atoms with E-state index in [4.69, 9.17) is 21.6 Å². The van der Waals surface area contributed by atoms with Gasteiger partial charge >= 0.3 is 0 Å². The van der Waals surface area contributed by atoms with Crippen LogP contribution < -0.4 is 5.32 Å². The molecule has 1 fully saturated rings. The molecule has 0 unspecified atom stereocenters. The van der Waals surface area contributed by atoms with Crippen molar-refractivity contribution in [1.82, 2.24) is 14.5 Å². The molecular formula is C15H16ClN5O. The number of ether oxygens (including phenoxy) is 1. The molecule has 0 spiro atoms. The summed E-state index contributed by atoms with van der Waals surface area (Å²) in [4.78, 5) is 8.36. The van der Waals surface area contributed by atoms with Gasteiger partial charge in [-0.1, -0.05) is 11.6 Å². The van der Waals surface area contributed by atoms with Gasteiger partial charge in [0.25, 0.3) is 0 Å². The average molecular weight is 318 g/mol. The van der Waals surface area contributed by atoms with Crippen molar-refractivity contribution in [2.75, 3.05) is 11.9 Å². The second-order valence-corrected chi connectivity index (χ2v) is 5.73. The van der Waals surface area contributed by atoms with E-state index < -0.39 is 0 Å². The Morgan fingerprint density at radius 1 is 1.50 bits per heavy atom. The zero-order chi connectivity index (χ0) is 15.5. The van der Waals surface area contributed by atoms with Crippen LogP contribution in [0.1, 0.15) is 30.2 Å². The number of nitriles is 1. The number of imidazole rings is 1. The predicted octanol–water partition coefficient (Wildman–Crippen LogP) is 2.67. The molecule has 3 rings (SSSR count). The Hall–Kier alpha value is -2.10. The first-order chi connectivity index (χ1) is 10.7. The highest BCUT2D eigenvalue weighted by Crippen LogP contribution is 2.30. The van der Waals surface area contributed by atoms with Gasteiger partial charge in [0.05, 0.1) is 28.8 Å². The zero-order valence-electron chi connectivity index (χ0n) is 12.2. The second-order valence-electron chi connectivity index (χ2n) is 5.32. The van der Waals surface area contributed by atoms with Crippen molar-refractivity contribution >= 4 is 17.4 Å². The summed E-state index contributed by atoms with van der Waals surface area (Å²) in [6, 6.07) is 3.86. The van der Waals surface area contributed by atoms with Crippen LogP contribution in [0.25, 0.3) is 0 Å². The lowest BCUT2D eigenvalue weighted by atomic mass is 10.0. The molecule has 7 heteroatoms. The van der Waals surface area contributed by atoms with E-state index in [0.29, 0.717) is 23.0 Å². The number of rotatable bonds is 3. The largest absolute Gasteiger partial charge is 0.372 e. The molecule has 2 aromatic heterocycles. The van der Waals surface area contributed by atoms with Crippen LogP contribution in [-0.4, -0.2) is 27.2 Å². The normalized spacial score (nSPS) is 21.3. The number of pyridine rings is 1. The summed E-state index contributed by atoms with van der Waals surface area (Å²) in [5, 5.41) is 12.7. The Morgan fingerprint density at radius 2 is 2.36 bits per heavy atom. The van der Waals surface area contributed by atoms with Crippen LogP contribution in [0.3, 0.4) is 0 Å². The smallest absolute Gasteiger partial charge is 0.145 e. The third-order valence-electron chi connectivity index (χ3n) is 3.78. The first-order valence-electron chi connectivity index (χ1n) is 7.07. The van der Waals surface area contributed by atoms with Gasteiger partial charge in [-0.3, -0.25) is 0 Å². The number of anilines is 1. The molecule has 22 heavy (non-hydrogen) atoms. The molecule has 1 saturated heterocycles. The van der Waals surface area contributed by atoms with Crippen molar-refractivity contribution in [3.63, 3.8) is 0 Å². The molecule has 0 amide bonds. The van der Waals surface area contributed by atoms with Gasteiger partial charge in [0.2, 0.25) is 0 Å². The van der Waals surface area contributed by atoms with Crippen LogP contribution in [0.15, 0.2) is 24.8 Å². The molecule has 0 bridgehead atoms. The average Bonchev–Trinajstić information content (AvgIpc) is 2.96. The van der Waals surface area contributed by atoms with Crippen LogP contribution in [0, 0.1) is 11.3 Å². The molecule has 2 atom stereocenters. The van der Waals surface area contributed by atoms with E-state index in [9.17, 15) is 0 Å². The van der Waals surface area contributed by atoms with Crippen molar-refractivity contribution < 1.29 is 4.74 Å². The van der Waals surface area contributed by atoms with Gasteiger partial charge in [-0.25, -0.2) is 9.97 Å². The fourth-order valence-electron chi connectivity index (χ4n) is 2.61.